The highest BCUT2D eigenvalue weighted by molar-refractivity contribution is 6.29. The largest absolute Gasteiger partial charge is 0.318 e. The highest BCUT2D eigenvalue weighted by Crippen LogP contribution is 1.96. The first kappa shape index (κ1) is 7.79. The maximum atomic E-state index is 5.53. The van der Waals surface area contributed by atoms with Gasteiger partial charge in [0.05, 0.1) is 0 Å². The molecule has 3 heteroatoms. The van der Waals surface area contributed by atoms with Crippen LogP contribution >= 0.6 is 11.6 Å². The summed E-state index contributed by atoms with van der Waals surface area (Å²) >= 11 is 5.53. The molecule has 0 unspecified atom stereocenters. The number of halogens is 1. The lowest BCUT2D eigenvalue weighted by Gasteiger charge is -2.10. The summed E-state index contributed by atoms with van der Waals surface area (Å²) in [7, 11) is 3.71. The van der Waals surface area contributed by atoms with E-state index in [1.807, 2.05) is 21.0 Å². The van der Waals surface area contributed by atoms with Gasteiger partial charge in [-0.15, -0.1) is 0 Å². The predicted octanol–water partition coefficient (Wildman–Crippen LogP) is 1.15. The van der Waals surface area contributed by atoms with Crippen molar-refractivity contribution in [1.82, 2.24) is 10.4 Å². The molecule has 0 saturated heterocycles. The summed E-state index contributed by atoms with van der Waals surface area (Å²) < 4.78 is 0. The van der Waals surface area contributed by atoms with Crippen molar-refractivity contribution in [3.05, 3.63) is 11.2 Å². The molecule has 48 valence electrons. The number of hydrazine groups is 1. The monoisotopic (exact) mass is 134 g/mol. The molecule has 0 spiro atoms. The van der Waals surface area contributed by atoms with Crippen molar-refractivity contribution < 1.29 is 0 Å². The van der Waals surface area contributed by atoms with Crippen molar-refractivity contribution in [2.45, 2.75) is 6.92 Å². The summed E-state index contributed by atoms with van der Waals surface area (Å²) in [4.78, 5) is 0. The lowest BCUT2D eigenvalue weighted by molar-refractivity contribution is 0.364. The van der Waals surface area contributed by atoms with E-state index < -0.39 is 0 Å². The molecule has 0 aromatic carbocycles. The minimum Gasteiger partial charge on any atom is -0.318 e. The Bertz CT molecular complexity index is 86.4. The Morgan fingerprint density at radius 3 is 2.38 bits per heavy atom. The van der Waals surface area contributed by atoms with Gasteiger partial charge >= 0.3 is 0 Å². The zero-order valence-electron chi connectivity index (χ0n) is 5.40. The van der Waals surface area contributed by atoms with Crippen LogP contribution in [0.3, 0.4) is 0 Å². The minimum absolute atomic E-state index is 0.766. The van der Waals surface area contributed by atoms with Gasteiger partial charge in [-0.25, -0.2) is 5.43 Å². The van der Waals surface area contributed by atoms with Crippen LogP contribution in [0, 0.1) is 0 Å². The second-order valence-corrected chi connectivity index (χ2v) is 2.15. The van der Waals surface area contributed by atoms with Gasteiger partial charge in [0.15, 0.2) is 0 Å². The molecule has 0 aliphatic heterocycles. The van der Waals surface area contributed by atoms with Crippen LogP contribution in [0.5, 0.6) is 0 Å². The zero-order valence-corrected chi connectivity index (χ0v) is 6.16. The molecule has 0 amide bonds. The Kier molecular flexibility index (Phi) is 3.65. The van der Waals surface area contributed by atoms with Crippen molar-refractivity contribution in [1.29, 1.82) is 0 Å². The molecule has 0 fully saturated rings. The van der Waals surface area contributed by atoms with Crippen LogP contribution in [0.25, 0.3) is 0 Å². The second kappa shape index (κ2) is 3.75. The van der Waals surface area contributed by atoms with Gasteiger partial charge in [-0.2, -0.15) is 0 Å². The molecular weight excluding hydrogens is 124 g/mol. The van der Waals surface area contributed by atoms with Crippen LogP contribution < -0.4 is 5.43 Å². The number of nitrogens with one attached hydrogen (secondary N) is 1. The summed E-state index contributed by atoms with van der Waals surface area (Å²) in [6, 6.07) is 0. The van der Waals surface area contributed by atoms with Crippen molar-refractivity contribution in [2.24, 2.45) is 0 Å². The quantitative estimate of drug-likeness (QED) is 0.570. The molecule has 2 nitrogen and oxygen atoms in total. The van der Waals surface area contributed by atoms with Crippen LogP contribution in [-0.4, -0.2) is 19.1 Å². The van der Waals surface area contributed by atoms with Crippen LogP contribution in [0.4, 0.5) is 0 Å². The average Bonchev–Trinajstić information content (AvgIpc) is 1.65. The van der Waals surface area contributed by atoms with Crippen LogP contribution in [-0.2, 0) is 0 Å². The number of rotatable bonds is 2. The molecular formula is C5H11ClN2. The van der Waals surface area contributed by atoms with Gasteiger partial charge in [0.2, 0.25) is 0 Å². The fourth-order valence-corrected chi connectivity index (χ4v) is 0.478. The molecule has 0 bridgehead atoms. The maximum Gasteiger partial charge on any atom is 0.0323 e. The Morgan fingerprint density at radius 1 is 1.75 bits per heavy atom. The van der Waals surface area contributed by atoms with Crippen molar-refractivity contribution in [3.63, 3.8) is 0 Å². The lowest BCUT2D eigenvalue weighted by atomic mass is 10.7. The van der Waals surface area contributed by atoms with Crippen molar-refractivity contribution in [3.8, 4) is 0 Å². The second-order valence-electron chi connectivity index (χ2n) is 1.55. The average molecular weight is 135 g/mol. The smallest absolute Gasteiger partial charge is 0.0323 e. The van der Waals surface area contributed by atoms with Gasteiger partial charge in [-0.05, 0) is 6.92 Å². The first-order chi connectivity index (χ1) is 3.66. The minimum atomic E-state index is 0.766. The zero-order chi connectivity index (χ0) is 6.57. The fourth-order valence-electron chi connectivity index (χ4n) is 0.331. The lowest BCUT2D eigenvalue weighted by Crippen LogP contribution is -2.24. The summed E-state index contributed by atoms with van der Waals surface area (Å²) in [5, 5.41) is 2.55. The van der Waals surface area contributed by atoms with Gasteiger partial charge in [-0.3, -0.25) is 0 Å². The van der Waals surface area contributed by atoms with E-state index in [1.165, 1.54) is 0 Å². The third kappa shape index (κ3) is 3.96. The maximum absolute atomic E-state index is 5.53. The van der Waals surface area contributed by atoms with Crippen LogP contribution in [0.15, 0.2) is 11.2 Å². The molecule has 0 aliphatic rings. The third-order valence-electron chi connectivity index (χ3n) is 0.724. The van der Waals surface area contributed by atoms with Gasteiger partial charge < -0.3 is 5.01 Å². The molecule has 0 radical (unpaired) electrons. The van der Waals surface area contributed by atoms with E-state index in [1.54, 1.807) is 11.2 Å². The molecule has 0 heterocycles. The summed E-state index contributed by atoms with van der Waals surface area (Å²) in [5.74, 6) is 0. The number of hydrogen-bond donors (Lipinski definition) is 1. The Labute approximate surface area is 55.1 Å². The number of allylic oxidation sites excluding steroid dienone is 1. The molecule has 1 N–H and O–H groups in total. The van der Waals surface area contributed by atoms with Crippen molar-refractivity contribution in [2.75, 3.05) is 14.1 Å². The van der Waals surface area contributed by atoms with E-state index in [-0.39, 0.29) is 0 Å². The van der Waals surface area contributed by atoms with Gasteiger partial charge in [0.1, 0.15) is 0 Å². The highest BCUT2D eigenvalue weighted by atomic mass is 35.5. The highest BCUT2D eigenvalue weighted by Gasteiger charge is 1.82. The Hall–Kier alpha value is -0.210. The molecule has 0 aliphatic carbocycles. The summed E-state index contributed by atoms with van der Waals surface area (Å²) in [6.07, 6.45) is 1.79. The Balaban J connectivity index is 3.51. The molecule has 0 saturated carbocycles. The van der Waals surface area contributed by atoms with Gasteiger partial charge in [-0.1, -0.05) is 11.6 Å². The van der Waals surface area contributed by atoms with Gasteiger partial charge in [0.25, 0.3) is 0 Å². The van der Waals surface area contributed by atoms with E-state index in [9.17, 15) is 0 Å². The van der Waals surface area contributed by atoms with E-state index >= 15 is 0 Å². The summed E-state index contributed by atoms with van der Waals surface area (Å²) in [5.41, 5.74) is 2.87. The van der Waals surface area contributed by atoms with E-state index in [0.29, 0.717) is 0 Å². The topological polar surface area (TPSA) is 15.3 Å². The fraction of sp³-hybridized carbons (Fsp3) is 0.600. The Morgan fingerprint density at radius 2 is 2.25 bits per heavy atom. The molecule has 0 atom stereocenters. The van der Waals surface area contributed by atoms with Gasteiger partial charge in [0, 0.05) is 25.3 Å². The first-order valence-corrected chi connectivity index (χ1v) is 2.78. The third-order valence-corrected chi connectivity index (χ3v) is 0.822. The van der Waals surface area contributed by atoms with Crippen molar-refractivity contribution >= 4 is 11.6 Å². The summed E-state index contributed by atoms with van der Waals surface area (Å²) in [6.45, 7) is 1.83. The first-order valence-electron chi connectivity index (χ1n) is 2.41. The van der Waals surface area contributed by atoms with E-state index in [2.05, 4.69) is 5.43 Å². The number of hydrogen-bond acceptors (Lipinski definition) is 2. The molecule has 0 aromatic heterocycles. The molecule has 0 aromatic rings. The van der Waals surface area contributed by atoms with Crippen LogP contribution in [0.1, 0.15) is 6.92 Å². The SMILES string of the molecule is CNN(C)/C=C(\C)Cl. The predicted molar refractivity (Wildman–Crippen MR) is 36.4 cm³/mol. The molecule has 0 rings (SSSR count). The van der Waals surface area contributed by atoms with Crippen LogP contribution in [0.2, 0.25) is 0 Å². The van der Waals surface area contributed by atoms with E-state index in [4.69, 9.17) is 11.6 Å². The van der Waals surface area contributed by atoms with E-state index in [0.717, 1.165) is 5.03 Å². The molecule has 8 heavy (non-hydrogen) atoms. The normalized spacial score (nSPS) is 11.8. The standard InChI is InChI=1S/C5H11ClN2/c1-5(6)4-8(3)7-2/h4,7H,1-3H3/b5-4+. The number of nitrogens with zero attached hydrogens (tertiary/aromatic N) is 1.